The summed E-state index contributed by atoms with van der Waals surface area (Å²) >= 11 is 0. The van der Waals surface area contributed by atoms with E-state index in [1.54, 1.807) is 26.0 Å². The first kappa shape index (κ1) is 13.3. The predicted molar refractivity (Wildman–Crippen MR) is 59.4 cm³/mol. The number of esters is 2. The summed E-state index contributed by atoms with van der Waals surface area (Å²) in [5.41, 5.74) is 0. The first-order chi connectivity index (χ1) is 8.15. The molecule has 0 bridgehead atoms. The van der Waals surface area contributed by atoms with Crippen LogP contribution in [0.2, 0.25) is 0 Å². The summed E-state index contributed by atoms with van der Waals surface area (Å²) in [6.07, 6.45) is 0.160. The monoisotopic (exact) mass is 240 g/mol. The van der Waals surface area contributed by atoms with Gasteiger partial charge in [-0.15, -0.1) is 0 Å². The minimum atomic E-state index is -0.343. The van der Waals surface area contributed by atoms with Crippen molar-refractivity contribution in [2.45, 2.75) is 26.7 Å². The van der Waals surface area contributed by atoms with Crippen molar-refractivity contribution in [3.8, 4) is 0 Å². The highest BCUT2D eigenvalue weighted by Crippen LogP contribution is 2.10. The molecule has 1 heterocycles. The molecule has 0 N–H and O–H groups in total. The van der Waals surface area contributed by atoms with Crippen LogP contribution in [0.25, 0.3) is 0 Å². The number of hydrogen-bond donors (Lipinski definition) is 0. The third-order valence-electron chi connectivity index (χ3n) is 1.97. The standard InChI is InChI=1S/C12H16O5/c1-3-15-11(13)7-9-5-6-10(17-9)8-12(14)16-4-2/h5-6H,3-4,7-8H2,1-2H3. The number of hydrogen-bond acceptors (Lipinski definition) is 5. The largest absolute Gasteiger partial charge is 0.466 e. The molecule has 0 aliphatic heterocycles. The van der Waals surface area contributed by atoms with E-state index in [0.717, 1.165) is 0 Å². The quantitative estimate of drug-likeness (QED) is 0.705. The van der Waals surface area contributed by atoms with Crippen molar-refractivity contribution in [2.75, 3.05) is 13.2 Å². The number of furan rings is 1. The van der Waals surface area contributed by atoms with Gasteiger partial charge in [0.25, 0.3) is 0 Å². The molecule has 1 rings (SSSR count). The van der Waals surface area contributed by atoms with E-state index in [1.807, 2.05) is 0 Å². The Morgan fingerprint density at radius 2 is 1.41 bits per heavy atom. The molecule has 5 nitrogen and oxygen atoms in total. The van der Waals surface area contributed by atoms with Crippen molar-refractivity contribution in [1.82, 2.24) is 0 Å². The normalized spacial score (nSPS) is 10.0. The second-order valence-corrected chi connectivity index (χ2v) is 3.33. The number of carbonyl (C=O) groups excluding carboxylic acids is 2. The maximum absolute atomic E-state index is 11.2. The second kappa shape index (κ2) is 6.73. The fourth-order valence-corrected chi connectivity index (χ4v) is 1.32. The molecule has 5 heteroatoms. The van der Waals surface area contributed by atoms with Crippen LogP contribution >= 0.6 is 0 Å². The van der Waals surface area contributed by atoms with Gasteiger partial charge in [0.1, 0.15) is 24.4 Å². The first-order valence-electron chi connectivity index (χ1n) is 5.54. The number of carbonyl (C=O) groups is 2. The molecule has 1 aromatic rings. The van der Waals surface area contributed by atoms with Crippen LogP contribution in [0, 0.1) is 0 Å². The lowest BCUT2D eigenvalue weighted by atomic mass is 10.3. The lowest BCUT2D eigenvalue weighted by Gasteiger charge is -2.00. The summed E-state index contributed by atoms with van der Waals surface area (Å²) in [5, 5.41) is 0. The van der Waals surface area contributed by atoms with Crippen molar-refractivity contribution < 1.29 is 23.5 Å². The van der Waals surface area contributed by atoms with Crippen molar-refractivity contribution in [1.29, 1.82) is 0 Å². The minimum Gasteiger partial charge on any atom is -0.466 e. The van der Waals surface area contributed by atoms with Gasteiger partial charge in [0.15, 0.2) is 0 Å². The van der Waals surface area contributed by atoms with E-state index < -0.39 is 0 Å². The van der Waals surface area contributed by atoms with Crippen LogP contribution in [0.4, 0.5) is 0 Å². The zero-order valence-electron chi connectivity index (χ0n) is 10.0. The van der Waals surface area contributed by atoms with Crippen molar-refractivity contribution in [2.24, 2.45) is 0 Å². The van der Waals surface area contributed by atoms with Crippen LogP contribution in [-0.4, -0.2) is 25.2 Å². The van der Waals surface area contributed by atoms with Gasteiger partial charge in [0, 0.05) is 0 Å². The van der Waals surface area contributed by atoms with E-state index >= 15 is 0 Å². The molecule has 17 heavy (non-hydrogen) atoms. The minimum absolute atomic E-state index is 0.0800. The van der Waals surface area contributed by atoms with Gasteiger partial charge < -0.3 is 13.9 Å². The molecular weight excluding hydrogens is 224 g/mol. The zero-order valence-corrected chi connectivity index (χ0v) is 10.0. The Bertz CT molecular complexity index is 346. The molecule has 0 atom stereocenters. The van der Waals surface area contributed by atoms with Crippen LogP contribution in [0.3, 0.4) is 0 Å². The molecule has 0 aliphatic carbocycles. The lowest BCUT2D eigenvalue weighted by Crippen LogP contribution is -2.07. The third-order valence-corrected chi connectivity index (χ3v) is 1.97. The van der Waals surface area contributed by atoms with E-state index in [-0.39, 0.29) is 24.8 Å². The maximum atomic E-state index is 11.2. The number of ether oxygens (including phenoxy) is 2. The van der Waals surface area contributed by atoms with Gasteiger partial charge in [-0.2, -0.15) is 0 Å². The summed E-state index contributed by atoms with van der Waals surface area (Å²) in [7, 11) is 0. The molecule has 0 spiro atoms. The van der Waals surface area contributed by atoms with Gasteiger partial charge >= 0.3 is 11.9 Å². The Morgan fingerprint density at radius 3 is 1.76 bits per heavy atom. The van der Waals surface area contributed by atoms with Crippen molar-refractivity contribution in [3.05, 3.63) is 23.7 Å². The highest BCUT2D eigenvalue weighted by molar-refractivity contribution is 5.73. The predicted octanol–water partition coefficient (Wildman–Crippen LogP) is 1.49. The Morgan fingerprint density at radius 1 is 1.00 bits per heavy atom. The lowest BCUT2D eigenvalue weighted by molar-refractivity contribution is -0.143. The van der Waals surface area contributed by atoms with Gasteiger partial charge in [-0.3, -0.25) is 9.59 Å². The maximum Gasteiger partial charge on any atom is 0.313 e. The summed E-state index contributed by atoms with van der Waals surface area (Å²) < 4.78 is 14.9. The second-order valence-electron chi connectivity index (χ2n) is 3.33. The van der Waals surface area contributed by atoms with Crippen molar-refractivity contribution >= 4 is 11.9 Å². The smallest absolute Gasteiger partial charge is 0.313 e. The highest BCUT2D eigenvalue weighted by Gasteiger charge is 2.11. The van der Waals surface area contributed by atoms with Gasteiger partial charge in [-0.05, 0) is 26.0 Å². The first-order valence-corrected chi connectivity index (χ1v) is 5.54. The van der Waals surface area contributed by atoms with Gasteiger partial charge in [-0.1, -0.05) is 0 Å². The topological polar surface area (TPSA) is 65.7 Å². The average molecular weight is 240 g/mol. The van der Waals surface area contributed by atoms with Crippen LogP contribution in [-0.2, 0) is 31.9 Å². The fourth-order valence-electron chi connectivity index (χ4n) is 1.32. The third kappa shape index (κ3) is 4.72. The summed E-state index contributed by atoms with van der Waals surface area (Å²) in [4.78, 5) is 22.3. The fraction of sp³-hybridized carbons (Fsp3) is 0.500. The summed E-state index contributed by atoms with van der Waals surface area (Å²) in [6, 6.07) is 3.32. The molecule has 0 aliphatic rings. The number of rotatable bonds is 6. The van der Waals surface area contributed by atoms with Crippen LogP contribution in [0.5, 0.6) is 0 Å². The van der Waals surface area contributed by atoms with Gasteiger partial charge in [-0.25, -0.2) is 0 Å². The zero-order chi connectivity index (χ0) is 12.7. The summed E-state index contributed by atoms with van der Waals surface area (Å²) in [5.74, 6) is 0.291. The Hall–Kier alpha value is -1.78. The van der Waals surface area contributed by atoms with Gasteiger partial charge in [0.05, 0.1) is 13.2 Å². The molecule has 0 amide bonds. The van der Waals surface area contributed by atoms with E-state index in [2.05, 4.69) is 0 Å². The van der Waals surface area contributed by atoms with Crippen LogP contribution in [0.15, 0.2) is 16.5 Å². The van der Waals surface area contributed by atoms with Gasteiger partial charge in [0.2, 0.25) is 0 Å². The average Bonchev–Trinajstić information content (AvgIpc) is 2.66. The molecule has 1 aromatic heterocycles. The molecule has 0 saturated heterocycles. The van der Waals surface area contributed by atoms with E-state index in [0.29, 0.717) is 24.7 Å². The molecule has 0 aromatic carbocycles. The van der Waals surface area contributed by atoms with E-state index in [4.69, 9.17) is 13.9 Å². The molecule has 0 radical (unpaired) electrons. The van der Waals surface area contributed by atoms with Crippen molar-refractivity contribution in [3.63, 3.8) is 0 Å². The van der Waals surface area contributed by atoms with E-state index in [9.17, 15) is 9.59 Å². The molecule has 94 valence electrons. The van der Waals surface area contributed by atoms with Crippen LogP contribution in [0.1, 0.15) is 25.4 Å². The SMILES string of the molecule is CCOC(=O)Cc1ccc(CC(=O)OCC)o1. The molecular formula is C12H16O5. The Kier molecular flexibility index (Phi) is 5.26. The van der Waals surface area contributed by atoms with E-state index in [1.165, 1.54) is 0 Å². The summed E-state index contributed by atoms with van der Waals surface area (Å²) in [6.45, 7) is 4.17. The Labute approximate surface area is 99.7 Å². The molecule has 0 unspecified atom stereocenters. The van der Waals surface area contributed by atoms with Crippen LogP contribution < -0.4 is 0 Å². The molecule has 0 fully saturated rings. The highest BCUT2D eigenvalue weighted by atomic mass is 16.5. The Balaban J connectivity index is 2.47. The molecule has 0 saturated carbocycles.